The van der Waals surface area contributed by atoms with Crippen molar-refractivity contribution in [2.24, 2.45) is 0 Å². The van der Waals surface area contributed by atoms with E-state index in [-0.39, 0.29) is 28.6 Å². The second-order valence-electron chi connectivity index (χ2n) is 5.82. The van der Waals surface area contributed by atoms with Crippen molar-refractivity contribution in [3.8, 4) is 0 Å². The number of para-hydroxylation sites is 1. The summed E-state index contributed by atoms with van der Waals surface area (Å²) in [5.74, 6) is -0.397. The van der Waals surface area contributed by atoms with Crippen molar-refractivity contribution in [1.82, 2.24) is 4.31 Å². The van der Waals surface area contributed by atoms with Crippen molar-refractivity contribution in [3.63, 3.8) is 0 Å². The number of carbonyl (C=O) groups excluding carboxylic acids is 1. The van der Waals surface area contributed by atoms with Crippen molar-refractivity contribution < 1.29 is 17.9 Å². The number of thioether (sulfide) groups is 1. The summed E-state index contributed by atoms with van der Waals surface area (Å²) in [5.41, 5.74) is 0.893. The minimum Gasteiger partial charge on any atom is -0.379 e. The Labute approximate surface area is 167 Å². The Morgan fingerprint density at radius 3 is 2.59 bits per heavy atom. The average molecular weight is 427 g/mol. The molecule has 1 heterocycles. The number of rotatable bonds is 5. The van der Waals surface area contributed by atoms with Gasteiger partial charge in [-0.05, 0) is 36.6 Å². The van der Waals surface area contributed by atoms with Crippen molar-refractivity contribution in [3.05, 3.63) is 53.1 Å². The number of amides is 1. The van der Waals surface area contributed by atoms with Crippen LogP contribution in [0.5, 0.6) is 0 Å². The van der Waals surface area contributed by atoms with Gasteiger partial charge in [0, 0.05) is 23.5 Å². The van der Waals surface area contributed by atoms with Gasteiger partial charge in [-0.15, -0.1) is 11.8 Å². The van der Waals surface area contributed by atoms with E-state index in [1.165, 1.54) is 34.3 Å². The molecule has 1 fully saturated rings. The van der Waals surface area contributed by atoms with Gasteiger partial charge in [0.1, 0.15) is 4.90 Å². The molecule has 0 aliphatic carbocycles. The number of nitrogens with zero attached hydrogens (tertiary/aromatic N) is 1. The van der Waals surface area contributed by atoms with Crippen LogP contribution in [0, 0.1) is 0 Å². The lowest BCUT2D eigenvalue weighted by molar-refractivity contribution is 0.0730. The molecule has 1 aliphatic heterocycles. The lowest BCUT2D eigenvalue weighted by atomic mass is 10.2. The molecule has 1 aliphatic rings. The maximum absolute atomic E-state index is 12.9. The molecule has 1 amide bonds. The molecule has 0 atom stereocenters. The van der Waals surface area contributed by atoms with Gasteiger partial charge in [-0.2, -0.15) is 4.31 Å². The minimum absolute atomic E-state index is 0.0723. The van der Waals surface area contributed by atoms with Crippen LogP contribution < -0.4 is 5.32 Å². The fourth-order valence-electron chi connectivity index (χ4n) is 2.71. The third-order valence-electron chi connectivity index (χ3n) is 4.14. The van der Waals surface area contributed by atoms with Crippen molar-refractivity contribution in [2.75, 3.05) is 37.9 Å². The van der Waals surface area contributed by atoms with E-state index in [0.717, 1.165) is 4.90 Å². The first-order valence-corrected chi connectivity index (χ1v) is 11.3. The molecule has 1 saturated heterocycles. The number of nitrogens with one attached hydrogen (secondary N) is 1. The van der Waals surface area contributed by atoms with E-state index in [9.17, 15) is 13.2 Å². The van der Waals surface area contributed by atoms with Gasteiger partial charge in [0.25, 0.3) is 5.91 Å². The second kappa shape index (κ2) is 8.62. The minimum atomic E-state index is -3.80. The van der Waals surface area contributed by atoms with E-state index in [1.807, 2.05) is 24.5 Å². The topological polar surface area (TPSA) is 75.7 Å². The molecule has 1 N–H and O–H groups in total. The smallest absolute Gasteiger partial charge is 0.255 e. The quantitative estimate of drug-likeness (QED) is 0.742. The van der Waals surface area contributed by atoms with Crippen LogP contribution in [0.3, 0.4) is 0 Å². The Balaban J connectivity index is 1.89. The normalized spacial score (nSPS) is 15.5. The predicted molar refractivity (Wildman–Crippen MR) is 107 cm³/mol. The van der Waals surface area contributed by atoms with Crippen LogP contribution in [0.15, 0.2) is 52.3 Å². The Kier molecular flexibility index (Phi) is 6.44. The van der Waals surface area contributed by atoms with Gasteiger partial charge in [0.2, 0.25) is 10.0 Å². The second-order valence-corrected chi connectivity index (χ2v) is 8.98. The van der Waals surface area contributed by atoms with E-state index in [1.54, 1.807) is 6.07 Å². The lowest BCUT2D eigenvalue weighted by Crippen LogP contribution is -2.40. The largest absolute Gasteiger partial charge is 0.379 e. The molecule has 0 aromatic heterocycles. The molecule has 2 aromatic rings. The summed E-state index contributed by atoms with van der Waals surface area (Å²) in [6.45, 7) is 1.19. The SMILES string of the molecule is CSc1ccccc1NC(=O)c1ccc(Cl)c(S(=O)(=O)N2CCOCC2)c1. The van der Waals surface area contributed by atoms with Crippen LogP contribution in [0.2, 0.25) is 5.02 Å². The molecule has 0 unspecified atom stereocenters. The third kappa shape index (κ3) is 4.47. The summed E-state index contributed by atoms with van der Waals surface area (Å²) in [7, 11) is -3.80. The van der Waals surface area contributed by atoms with E-state index < -0.39 is 15.9 Å². The average Bonchev–Trinajstić information content (AvgIpc) is 2.69. The Morgan fingerprint density at radius 2 is 1.89 bits per heavy atom. The van der Waals surface area contributed by atoms with Crippen LogP contribution in [-0.2, 0) is 14.8 Å². The number of halogens is 1. The van der Waals surface area contributed by atoms with Gasteiger partial charge in [0.15, 0.2) is 0 Å². The number of anilines is 1. The van der Waals surface area contributed by atoms with Crippen LogP contribution in [0.25, 0.3) is 0 Å². The number of hydrogen-bond donors (Lipinski definition) is 1. The molecule has 0 bridgehead atoms. The fourth-order valence-corrected chi connectivity index (χ4v) is 5.17. The Bertz CT molecular complexity index is 944. The van der Waals surface area contributed by atoms with Gasteiger partial charge in [-0.1, -0.05) is 23.7 Å². The number of carbonyl (C=O) groups is 1. The molecule has 144 valence electrons. The molecule has 6 nitrogen and oxygen atoms in total. The summed E-state index contributed by atoms with van der Waals surface area (Å²) in [5, 5.41) is 2.91. The van der Waals surface area contributed by atoms with Gasteiger partial charge in [-0.25, -0.2) is 8.42 Å². The number of benzene rings is 2. The molecule has 2 aromatic carbocycles. The molecular weight excluding hydrogens is 408 g/mol. The van der Waals surface area contributed by atoms with Gasteiger partial charge in [-0.3, -0.25) is 4.79 Å². The highest BCUT2D eigenvalue weighted by molar-refractivity contribution is 7.98. The van der Waals surface area contributed by atoms with E-state index in [0.29, 0.717) is 18.9 Å². The van der Waals surface area contributed by atoms with Gasteiger partial charge >= 0.3 is 0 Å². The van der Waals surface area contributed by atoms with Crippen molar-refractivity contribution >= 4 is 45.0 Å². The Hall–Kier alpha value is -1.58. The maximum atomic E-state index is 12.9. The fraction of sp³-hybridized carbons (Fsp3) is 0.278. The lowest BCUT2D eigenvalue weighted by Gasteiger charge is -2.26. The van der Waals surface area contributed by atoms with Gasteiger partial charge in [0.05, 0.1) is 23.9 Å². The first kappa shape index (κ1) is 20.2. The molecule has 3 rings (SSSR count). The maximum Gasteiger partial charge on any atom is 0.255 e. The molecule has 0 radical (unpaired) electrons. The number of ether oxygens (including phenoxy) is 1. The van der Waals surface area contributed by atoms with Crippen LogP contribution in [0.1, 0.15) is 10.4 Å². The summed E-state index contributed by atoms with van der Waals surface area (Å²) in [6, 6.07) is 11.7. The molecule has 0 saturated carbocycles. The number of morpholine rings is 1. The predicted octanol–water partition coefficient (Wildman–Crippen LogP) is 3.34. The molecule has 27 heavy (non-hydrogen) atoms. The number of hydrogen-bond acceptors (Lipinski definition) is 5. The zero-order chi connectivity index (χ0) is 19.4. The first-order chi connectivity index (χ1) is 12.9. The zero-order valence-electron chi connectivity index (χ0n) is 14.6. The molecular formula is C18H19ClN2O4S2. The van der Waals surface area contributed by atoms with Gasteiger partial charge < -0.3 is 10.1 Å². The van der Waals surface area contributed by atoms with Crippen molar-refractivity contribution in [1.29, 1.82) is 0 Å². The summed E-state index contributed by atoms with van der Waals surface area (Å²) in [4.78, 5) is 13.5. The summed E-state index contributed by atoms with van der Waals surface area (Å²) < 4.78 is 32.3. The highest BCUT2D eigenvalue weighted by atomic mass is 35.5. The molecule has 9 heteroatoms. The summed E-state index contributed by atoms with van der Waals surface area (Å²) in [6.07, 6.45) is 1.92. The highest BCUT2D eigenvalue weighted by Crippen LogP contribution is 2.28. The monoisotopic (exact) mass is 426 g/mol. The van der Waals surface area contributed by atoms with E-state index in [4.69, 9.17) is 16.3 Å². The highest BCUT2D eigenvalue weighted by Gasteiger charge is 2.29. The third-order valence-corrected chi connectivity index (χ3v) is 7.31. The Morgan fingerprint density at radius 1 is 1.19 bits per heavy atom. The number of sulfonamides is 1. The van der Waals surface area contributed by atoms with E-state index >= 15 is 0 Å². The van der Waals surface area contributed by atoms with Crippen LogP contribution in [0.4, 0.5) is 5.69 Å². The summed E-state index contributed by atoms with van der Waals surface area (Å²) >= 11 is 7.65. The molecule has 0 spiro atoms. The van der Waals surface area contributed by atoms with E-state index in [2.05, 4.69) is 5.32 Å². The van der Waals surface area contributed by atoms with Crippen molar-refractivity contribution in [2.45, 2.75) is 9.79 Å². The standard InChI is InChI=1S/C18H19ClN2O4S2/c1-26-16-5-3-2-4-15(16)20-18(22)13-6-7-14(19)17(12-13)27(23,24)21-8-10-25-11-9-21/h2-7,12H,8-11H2,1H3,(H,20,22). The van der Waals surface area contributed by atoms with Crippen LogP contribution in [-0.4, -0.2) is 51.2 Å². The zero-order valence-corrected chi connectivity index (χ0v) is 17.0. The van der Waals surface area contributed by atoms with Crippen LogP contribution >= 0.6 is 23.4 Å². The first-order valence-electron chi connectivity index (χ1n) is 8.25.